The van der Waals surface area contributed by atoms with E-state index < -0.39 is 0 Å². The minimum Gasteiger partial charge on any atom is -0.497 e. The highest BCUT2D eigenvalue weighted by atomic mass is 16.5. The number of pyridine rings is 1. The van der Waals surface area contributed by atoms with Crippen LogP contribution in [0.25, 0.3) is 22.2 Å². The predicted octanol–water partition coefficient (Wildman–Crippen LogP) is 3.92. The molecule has 6 nitrogen and oxygen atoms in total. The van der Waals surface area contributed by atoms with Gasteiger partial charge in [-0.2, -0.15) is 5.10 Å². The van der Waals surface area contributed by atoms with Crippen molar-refractivity contribution >= 4 is 16.8 Å². The van der Waals surface area contributed by atoms with Crippen molar-refractivity contribution < 1.29 is 9.53 Å². The molecular weight excluding hydrogens is 364 g/mol. The monoisotopic (exact) mass is 386 g/mol. The second-order valence-electron chi connectivity index (χ2n) is 6.98. The van der Waals surface area contributed by atoms with Gasteiger partial charge in [0.15, 0.2) is 0 Å². The summed E-state index contributed by atoms with van der Waals surface area (Å²) in [6, 6.07) is 17.3. The van der Waals surface area contributed by atoms with Crippen LogP contribution in [-0.4, -0.2) is 39.7 Å². The highest BCUT2D eigenvalue weighted by Crippen LogP contribution is 2.27. The van der Waals surface area contributed by atoms with Gasteiger partial charge in [0, 0.05) is 43.4 Å². The van der Waals surface area contributed by atoms with E-state index in [1.165, 1.54) is 0 Å². The van der Waals surface area contributed by atoms with Crippen LogP contribution in [-0.2, 0) is 13.6 Å². The van der Waals surface area contributed by atoms with Crippen molar-refractivity contribution in [2.24, 2.45) is 7.05 Å². The van der Waals surface area contributed by atoms with Gasteiger partial charge in [0.25, 0.3) is 5.91 Å². The summed E-state index contributed by atoms with van der Waals surface area (Å²) in [5.74, 6) is 0.726. The lowest BCUT2D eigenvalue weighted by Crippen LogP contribution is -2.26. The van der Waals surface area contributed by atoms with Gasteiger partial charge in [0.05, 0.1) is 30.1 Å². The number of carbonyl (C=O) groups excluding carboxylic acids is 1. The van der Waals surface area contributed by atoms with E-state index in [-0.39, 0.29) is 5.91 Å². The molecule has 4 rings (SSSR count). The van der Waals surface area contributed by atoms with E-state index in [4.69, 9.17) is 9.72 Å². The summed E-state index contributed by atoms with van der Waals surface area (Å²) < 4.78 is 6.97. The molecule has 0 bridgehead atoms. The number of fused-ring (bicyclic) bond motifs is 1. The Morgan fingerprint density at radius 1 is 1.14 bits per heavy atom. The van der Waals surface area contributed by atoms with Crippen molar-refractivity contribution in [3.05, 3.63) is 78.1 Å². The average Bonchev–Trinajstić information content (AvgIpc) is 3.16. The summed E-state index contributed by atoms with van der Waals surface area (Å²) in [4.78, 5) is 19.8. The molecule has 2 aromatic heterocycles. The molecule has 0 saturated heterocycles. The fraction of sp³-hybridized carbons (Fsp3) is 0.174. The zero-order valence-corrected chi connectivity index (χ0v) is 16.7. The van der Waals surface area contributed by atoms with Crippen LogP contribution >= 0.6 is 0 Å². The maximum absolute atomic E-state index is 13.3. The van der Waals surface area contributed by atoms with E-state index in [2.05, 4.69) is 5.10 Å². The molecule has 29 heavy (non-hydrogen) atoms. The number of amides is 1. The lowest BCUT2D eigenvalue weighted by molar-refractivity contribution is 0.0787. The Morgan fingerprint density at radius 2 is 1.90 bits per heavy atom. The van der Waals surface area contributed by atoms with E-state index >= 15 is 0 Å². The molecule has 0 aliphatic carbocycles. The van der Waals surface area contributed by atoms with Gasteiger partial charge >= 0.3 is 0 Å². The molecule has 0 aliphatic rings. The highest BCUT2D eigenvalue weighted by Gasteiger charge is 2.18. The summed E-state index contributed by atoms with van der Waals surface area (Å²) in [7, 11) is 5.30. The number of hydrogen-bond acceptors (Lipinski definition) is 4. The van der Waals surface area contributed by atoms with Crippen LogP contribution in [0.5, 0.6) is 5.75 Å². The van der Waals surface area contributed by atoms with Crippen LogP contribution in [0.1, 0.15) is 15.9 Å². The van der Waals surface area contributed by atoms with Crippen LogP contribution in [0.2, 0.25) is 0 Å². The summed E-state index contributed by atoms with van der Waals surface area (Å²) in [6.45, 7) is 0.487. The number of ether oxygens (including phenoxy) is 1. The third kappa shape index (κ3) is 3.82. The molecule has 0 fully saturated rings. The zero-order valence-electron chi connectivity index (χ0n) is 16.7. The smallest absolute Gasteiger partial charge is 0.254 e. The van der Waals surface area contributed by atoms with Gasteiger partial charge in [-0.3, -0.25) is 9.48 Å². The van der Waals surface area contributed by atoms with E-state index in [9.17, 15) is 4.79 Å². The number of nitrogens with zero attached hydrogens (tertiary/aromatic N) is 4. The molecule has 0 atom stereocenters. The Bertz CT molecular complexity index is 1170. The minimum absolute atomic E-state index is 0.0535. The number of methoxy groups -OCH3 is 1. The number of aromatic nitrogens is 3. The third-order valence-corrected chi connectivity index (χ3v) is 4.86. The Morgan fingerprint density at radius 3 is 2.59 bits per heavy atom. The van der Waals surface area contributed by atoms with Gasteiger partial charge in [0.1, 0.15) is 5.75 Å². The molecule has 146 valence electrons. The van der Waals surface area contributed by atoms with Crippen molar-refractivity contribution in [2.75, 3.05) is 14.2 Å². The quantitative estimate of drug-likeness (QED) is 0.522. The first kappa shape index (κ1) is 18.7. The minimum atomic E-state index is -0.0535. The van der Waals surface area contributed by atoms with Gasteiger partial charge < -0.3 is 9.64 Å². The topological polar surface area (TPSA) is 60.2 Å². The molecule has 6 heteroatoms. The van der Waals surface area contributed by atoms with Crippen molar-refractivity contribution in [1.29, 1.82) is 0 Å². The van der Waals surface area contributed by atoms with Crippen molar-refractivity contribution in [3.8, 4) is 17.0 Å². The van der Waals surface area contributed by atoms with Crippen molar-refractivity contribution in [3.63, 3.8) is 0 Å². The molecular formula is C23H22N4O2. The van der Waals surface area contributed by atoms with Gasteiger partial charge in [-0.05, 0) is 36.4 Å². The molecule has 0 radical (unpaired) electrons. The average molecular weight is 386 g/mol. The third-order valence-electron chi connectivity index (χ3n) is 4.86. The van der Waals surface area contributed by atoms with E-state index in [1.807, 2.05) is 67.8 Å². The summed E-state index contributed by atoms with van der Waals surface area (Å²) in [6.07, 6.45) is 3.69. The number of aryl methyl sites for hydroxylation is 1. The maximum atomic E-state index is 13.3. The Labute approximate surface area is 169 Å². The fourth-order valence-corrected chi connectivity index (χ4v) is 3.37. The number of para-hydroxylation sites is 1. The van der Waals surface area contributed by atoms with Crippen LogP contribution in [0.3, 0.4) is 0 Å². The largest absolute Gasteiger partial charge is 0.497 e. The second kappa shape index (κ2) is 7.75. The highest BCUT2D eigenvalue weighted by molar-refractivity contribution is 6.07. The first-order valence-corrected chi connectivity index (χ1v) is 9.32. The summed E-state index contributed by atoms with van der Waals surface area (Å²) >= 11 is 0. The predicted molar refractivity (Wildman–Crippen MR) is 113 cm³/mol. The molecule has 0 saturated carbocycles. The molecule has 1 amide bonds. The normalized spacial score (nSPS) is 10.9. The number of carbonyl (C=O) groups is 1. The van der Waals surface area contributed by atoms with Crippen molar-refractivity contribution in [1.82, 2.24) is 19.7 Å². The Kier molecular flexibility index (Phi) is 4.99. The standard InChI is InChI=1S/C23H22N4O2/c1-26(14-16-13-24-27(2)15-16)23(28)20-12-22(17-8-10-18(29-3)11-9-17)25-21-7-5-4-6-19(20)21/h4-13,15H,14H2,1-3H3. The van der Waals surface area contributed by atoms with Gasteiger partial charge in [-0.15, -0.1) is 0 Å². The number of benzene rings is 2. The summed E-state index contributed by atoms with van der Waals surface area (Å²) in [5.41, 5.74) is 4.09. The fourth-order valence-electron chi connectivity index (χ4n) is 3.37. The van der Waals surface area contributed by atoms with E-state index in [0.717, 1.165) is 33.5 Å². The van der Waals surface area contributed by atoms with Gasteiger partial charge in [-0.25, -0.2) is 4.98 Å². The van der Waals surface area contributed by atoms with Crippen LogP contribution in [0, 0.1) is 0 Å². The SMILES string of the molecule is COc1ccc(-c2cc(C(=O)N(C)Cc3cnn(C)c3)c3ccccc3n2)cc1. The van der Waals surface area contributed by atoms with E-state index in [1.54, 1.807) is 29.9 Å². The first-order valence-electron chi connectivity index (χ1n) is 9.32. The number of hydrogen-bond donors (Lipinski definition) is 0. The van der Waals surface area contributed by atoms with Crippen LogP contribution in [0.4, 0.5) is 0 Å². The van der Waals surface area contributed by atoms with Gasteiger partial charge in [0.2, 0.25) is 0 Å². The molecule has 2 heterocycles. The zero-order chi connectivity index (χ0) is 20.4. The van der Waals surface area contributed by atoms with E-state index in [0.29, 0.717) is 12.1 Å². The van der Waals surface area contributed by atoms with Crippen molar-refractivity contribution in [2.45, 2.75) is 6.54 Å². The lowest BCUT2D eigenvalue weighted by atomic mass is 10.0. The Balaban J connectivity index is 1.74. The number of rotatable bonds is 5. The molecule has 2 aromatic carbocycles. The maximum Gasteiger partial charge on any atom is 0.254 e. The molecule has 0 spiro atoms. The first-order chi connectivity index (χ1) is 14.0. The second-order valence-corrected chi connectivity index (χ2v) is 6.98. The summed E-state index contributed by atoms with van der Waals surface area (Å²) in [5, 5.41) is 5.02. The molecule has 4 aromatic rings. The lowest BCUT2D eigenvalue weighted by Gasteiger charge is -2.18. The van der Waals surface area contributed by atoms with Gasteiger partial charge in [-0.1, -0.05) is 18.2 Å². The van der Waals surface area contributed by atoms with Crippen LogP contribution in [0.15, 0.2) is 67.0 Å². The molecule has 0 unspecified atom stereocenters. The Hall–Kier alpha value is -3.67. The molecule has 0 N–H and O–H groups in total. The van der Waals surface area contributed by atoms with Crippen LogP contribution < -0.4 is 4.74 Å². The molecule has 0 aliphatic heterocycles.